The number of carboxylic acid groups (broad SMARTS) is 1. The van der Waals surface area contributed by atoms with E-state index in [4.69, 9.17) is 0 Å². The van der Waals surface area contributed by atoms with Crippen molar-refractivity contribution in [3.8, 4) is 0 Å². The average molecular weight is 591 g/mol. The molecule has 0 radical (unpaired) electrons. The standard InChI is InChI=1S/C26H28F2N6O6S/c1-34-14-18(24(36)32-13-20(25(37)38)33-41(39,40)15-6-3-2-4-7-15)23(35)17-12-19(27)16(21(28)22(17)34)8-11-31-26-29-9-5-10-30-26/h2-4,6-7,9,12,14,20,26,30-31,33H,5,8,10-11,13H2,1H3,(H,32,36)(H,37,38). The smallest absolute Gasteiger partial charge is 0.323 e. The highest BCUT2D eigenvalue weighted by Crippen LogP contribution is 2.23. The first-order valence-electron chi connectivity index (χ1n) is 12.6. The van der Waals surface area contributed by atoms with Gasteiger partial charge < -0.3 is 15.0 Å². The molecule has 2 aromatic carbocycles. The third kappa shape index (κ3) is 6.82. The minimum Gasteiger partial charge on any atom is -0.480 e. The van der Waals surface area contributed by atoms with Crippen LogP contribution in [-0.4, -0.2) is 68.1 Å². The Bertz CT molecular complexity index is 1660. The molecule has 0 spiro atoms. The van der Waals surface area contributed by atoms with Gasteiger partial charge in [0.2, 0.25) is 15.5 Å². The second-order valence-corrected chi connectivity index (χ2v) is 11.0. The molecule has 1 aromatic heterocycles. The summed E-state index contributed by atoms with van der Waals surface area (Å²) >= 11 is 0. The fourth-order valence-electron chi connectivity index (χ4n) is 4.32. The highest BCUT2D eigenvalue weighted by molar-refractivity contribution is 7.89. The van der Waals surface area contributed by atoms with Gasteiger partial charge in [0, 0.05) is 44.7 Å². The first kappa shape index (κ1) is 29.9. The third-order valence-corrected chi connectivity index (χ3v) is 7.88. The summed E-state index contributed by atoms with van der Waals surface area (Å²) in [6, 6.07) is 6.11. The van der Waals surface area contributed by atoms with E-state index in [1.807, 2.05) is 4.72 Å². The number of rotatable bonds is 11. The zero-order valence-corrected chi connectivity index (χ0v) is 22.7. The highest BCUT2D eigenvalue weighted by Gasteiger charge is 2.27. The molecule has 1 aliphatic rings. The van der Waals surface area contributed by atoms with Crippen molar-refractivity contribution in [1.82, 2.24) is 25.2 Å². The maximum Gasteiger partial charge on any atom is 0.323 e. The molecule has 0 bridgehead atoms. The van der Waals surface area contributed by atoms with Gasteiger partial charge in [-0.1, -0.05) is 18.2 Å². The minimum atomic E-state index is -4.23. The van der Waals surface area contributed by atoms with Crippen LogP contribution < -0.4 is 26.1 Å². The molecule has 1 aliphatic heterocycles. The first-order valence-corrected chi connectivity index (χ1v) is 14.0. The van der Waals surface area contributed by atoms with E-state index in [2.05, 4.69) is 20.9 Å². The zero-order chi connectivity index (χ0) is 29.7. The number of aromatic nitrogens is 1. The molecule has 0 saturated heterocycles. The first-order chi connectivity index (χ1) is 19.5. The summed E-state index contributed by atoms with van der Waals surface area (Å²) in [5.74, 6) is -4.54. The van der Waals surface area contributed by atoms with Gasteiger partial charge in [0.15, 0.2) is 12.1 Å². The van der Waals surface area contributed by atoms with Crippen LogP contribution >= 0.6 is 0 Å². The van der Waals surface area contributed by atoms with E-state index in [1.165, 1.54) is 31.3 Å². The number of benzene rings is 2. The number of hydrogen-bond donors (Lipinski definition) is 5. The van der Waals surface area contributed by atoms with Crippen molar-refractivity contribution >= 4 is 39.0 Å². The predicted octanol–water partition coefficient (Wildman–Crippen LogP) is 0.458. The molecule has 2 heterocycles. The predicted molar refractivity (Wildman–Crippen MR) is 146 cm³/mol. The molecular formula is C26H28F2N6O6S. The molecule has 0 fully saturated rings. The highest BCUT2D eigenvalue weighted by atomic mass is 32.2. The number of nitrogens with zero attached hydrogens (tertiary/aromatic N) is 2. The van der Waals surface area contributed by atoms with Gasteiger partial charge in [-0.3, -0.25) is 30.0 Å². The number of halogens is 2. The number of sulfonamides is 1. The van der Waals surface area contributed by atoms with Crippen LogP contribution in [0.25, 0.3) is 10.9 Å². The molecule has 218 valence electrons. The molecule has 0 saturated carbocycles. The number of aliphatic carboxylic acids is 1. The van der Waals surface area contributed by atoms with Crippen molar-refractivity contribution in [2.75, 3.05) is 19.6 Å². The molecule has 12 nitrogen and oxygen atoms in total. The lowest BCUT2D eigenvalue weighted by Gasteiger charge is -2.19. The Morgan fingerprint density at radius 3 is 2.63 bits per heavy atom. The lowest BCUT2D eigenvalue weighted by molar-refractivity contribution is -0.138. The Labute approximate surface area is 233 Å². The topological polar surface area (TPSA) is 171 Å². The number of aryl methyl sites for hydroxylation is 1. The maximum absolute atomic E-state index is 15.4. The Kier molecular flexibility index (Phi) is 9.22. The molecule has 41 heavy (non-hydrogen) atoms. The summed E-state index contributed by atoms with van der Waals surface area (Å²) in [6.07, 6.45) is 3.18. The number of pyridine rings is 1. The normalized spacial score (nSPS) is 16.0. The van der Waals surface area contributed by atoms with Gasteiger partial charge in [0.05, 0.1) is 15.8 Å². The third-order valence-electron chi connectivity index (χ3n) is 6.39. The van der Waals surface area contributed by atoms with E-state index in [-0.39, 0.29) is 40.6 Å². The molecule has 3 aromatic rings. The molecule has 1 amide bonds. The number of fused-ring (bicyclic) bond motifs is 1. The molecule has 4 rings (SSSR count). The van der Waals surface area contributed by atoms with Crippen LogP contribution in [0.2, 0.25) is 0 Å². The van der Waals surface area contributed by atoms with Gasteiger partial charge in [-0.15, -0.1) is 0 Å². The largest absolute Gasteiger partial charge is 0.480 e. The second-order valence-electron chi connectivity index (χ2n) is 9.25. The average Bonchev–Trinajstić information content (AvgIpc) is 2.95. The molecule has 0 aliphatic carbocycles. The van der Waals surface area contributed by atoms with Crippen molar-refractivity contribution in [1.29, 1.82) is 0 Å². The van der Waals surface area contributed by atoms with Gasteiger partial charge in [0.1, 0.15) is 17.4 Å². The van der Waals surface area contributed by atoms with E-state index >= 15 is 4.39 Å². The van der Waals surface area contributed by atoms with E-state index in [0.717, 1.165) is 29.8 Å². The van der Waals surface area contributed by atoms with Crippen molar-refractivity contribution in [2.45, 2.75) is 30.1 Å². The quantitative estimate of drug-likeness (QED) is 0.214. The van der Waals surface area contributed by atoms with Gasteiger partial charge in [-0.05, 0) is 31.0 Å². The molecule has 5 N–H and O–H groups in total. The van der Waals surface area contributed by atoms with Gasteiger partial charge in [-0.2, -0.15) is 4.72 Å². The number of amides is 1. The van der Waals surface area contributed by atoms with Crippen LogP contribution in [-0.2, 0) is 28.3 Å². The fourth-order valence-corrected chi connectivity index (χ4v) is 5.53. The molecule has 2 atom stereocenters. The summed E-state index contributed by atoms with van der Waals surface area (Å²) in [5, 5.41) is 17.4. The summed E-state index contributed by atoms with van der Waals surface area (Å²) in [6.45, 7) is 0.204. The number of aliphatic imine (C=N–C) groups is 1. The molecule has 15 heteroatoms. The number of nitrogens with one attached hydrogen (secondary N) is 4. The van der Waals surface area contributed by atoms with Crippen molar-refractivity contribution < 1.29 is 31.9 Å². The fraction of sp³-hybridized carbons (Fsp3) is 0.308. The van der Waals surface area contributed by atoms with Gasteiger partial charge in [-0.25, -0.2) is 17.2 Å². The lowest BCUT2D eigenvalue weighted by atomic mass is 10.0. The van der Waals surface area contributed by atoms with Crippen molar-refractivity contribution in [3.63, 3.8) is 0 Å². The minimum absolute atomic E-state index is 0.0345. The van der Waals surface area contributed by atoms with Crippen LogP contribution in [0.15, 0.2) is 57.3 Å². The summed E-state index contributed by atoms with van der Waals surface area (Å²) < 4.78 is 58.5. The molecule has 2 unspecified atom stereocenters. The lowest BCUT2D eigenvalue weighted by Crippen LogP contribution is -2.48. The Morgan fingerprint density at radius 1 is 1.24 bits per heavy atom. The number of carboxylic acids is 1. The van der Waals surface area contributed by atoms with Crippen LogP contribution in [0.1, 0.15) is 22.3 Å². The number of hydrogen-bond acceptors (Lipinski definition) is 8. The summed E-state index contributed by atoms with van der Waals surface area (Å²) in [7, 11) is -2.86. The Hall–Kier alpha value is -4.05. The molecular weight excluding hydrogens is 562 g/mol. The van der Waals surface area contributed by atoms with E-state index in [9.17, 15) is 32.3 Å². The second kappa shape index (κ2) is 12.6. The van der Waals surface area contributed by atoms with Gasteiger partial charge >= 0.3 is 5.97 Å². The summed E-state index contributed by atoms with van der Waals surface area (Å²) in [4.78, 5) is 41.6. The van der Waals surface area contributed by atoms with Crippen molar-refractivity contribution in [2.24, 2.45) is 12.0 Å². The van der Waals surface area contributed by atoms with Crippen LogP contribution in [0.4, 0.5) is 8.78 Å². The van der Waals surface area contributed by atoms with E-state index in [0.29, 0.717) is 0 Å². The van der Waals surface area contributed by atoms with E-state index < -0.39 is 57.1 Å². The number of carbonyl (C=O) groups is 2. The summed E-state index contributed by atoms with van der Waals surface area (Å²) in [5.41, 5.74) is -1.94. The van der Waals surface area contributed by atoms with Crippen molar-refractivity contribution in [3.05, 3.63) is 75.6 Å². The van der Waals surface area contributed by atoms with Crippen LogP contribution in [0.3, 0.4) is 0 Å². The maximum atomic E-state index is 15.4. The Balaban J connectivity index is 1.52. The monoisotopic (exact) mass is 590 g/mol. The van der Waals surface area contributed by atoms with Crippen LogP contribution in [0.5, 0.6) is 0 Å². The van der Waals surface area contributed by atoms with Gasteiger partial charge in [0.25, 0.3) is 5.91 Å². The van der Waals surface area contributed by atoms with Crippen LogP contribution in [0, 0.1) is 11.6 Å². The number of carbonyl (C=O) groups excluding carboxylic acids is 1. The Morgan fingerprint density at radius 2 is 1.98 bits per heavy atom. The zero-order valence-electron chi connectivity index (χ0n) is 21.9. The van der Waals surface area contributed by atoms with E-state index in [1.54, 1.807) is 12.3 Å². The SMILES string of the molecule is Cn1cc(C(=O)NCC(NS(=O)(=O)c2ccccc2)C(=O)O)c(=O)c2cc(F)c(CCNC3N=CCCN3)c(F)c21.